The molecule has 0 aromatic rings. The Hall–Kier alpha value is -1.59. The average molecular weight is 877 g/mol. The van der Waals surface area contributed by atoms with E-state index in [1.807, 2.05) is 0 Å². The van der Waals surface area contributed by atoms with Crippen molar-refractivity contribution in [1.82, 2.24) is 0 Å². The molecule has 0 spiro atoms. The smallest absolute Gasteiger partial charge is 0.306 e. The van der Waals surface area contributed by atoms with Gasteiger partial charge in [0.25, 0.3) is 0 Å². The molecule has 0 aromatic heterocycles. The van der Waals surface area contributed by atoms with E-state index in [1.165, 1.54) is 212 Å². The van der Waals surface area contributed by atoms with Gasteiger partial charge in [-0.25, -0.2) is 0 Å². The zero-order chi connectivity index (χ0) is 45.2. The van der Waals surface area contributed by atoms with Gasteiger partial charge in [-0.1, -0.05) is 278 Å². The fraction of sp³-hybridized carbons (Fsp3) is 0.946. The van der Waals surface area contributed by atoms with Gasteiger partial charge in [-0.2, -0.15) is 0 Å². The fourth-order valence-corrected chi connectivity index (χ4v) is 8.57. The predicted octanol–water partition coefficient (Wildman–Crippen LogP) is 18.2. The Bertz CT molecular complexity index is 933. The lowest BCUT2D eigenvalue weighted by Gasteiger charge is -2.18. The van der Waals surface area contributed by atoms with E-state index in [1.54, 1.807) is 0 Å². The molecule has 0 bridgehead atoms. The molecule has 368 valence electrons. The number of carbonyl (C=O) groups is 3. The van der Waals surface area contributed by atoms with Crippen LogP contribution in [0.3, 0.4) is 0 Å². The zero-order valence-electron chi connectivity index (χ0n) is 42.3. The van der Waals surface area contributed by atoms with E-state index >= 15 is 0 Å². The molecule has 0 heterocycles. The summed E-state index contributed by atoms with van der Waals surface area (Å²) in [4.78, 5) is 38.0. The Kier molecular flexibility index (Phi) is 49.1. The Morgan fingerprint density at radius 2 is 0.532 bits per heavy atom. The molecule has 0 fully saturated rings. The van der Waals surface area contributed by atoms with E-state index in [2.05, 4.69) is 27.7 Å². The number of esters is 3. The molecular formula is C56H108O6. The third-order valence-corrected chi connectivity index (χ3v) is 12.8. The SMILES string of the molecule is CCCCCCCCCCCCCCC(=O)O[C@@H](COC(=O)CCCCCCCCCCCCC)COC(=O)CCCCCCCCCCCCCCCCCCCCC(C)C. The van der Waals surface area contributed by atoms with Crippen LogP contribution in [-0.2, 0) is 28.6 Å². The molecule has 0 saturated carbocycles. The highest BCUT2D eigenvalue weighted by Crippen LogP contribution is 2.18. The van der Waals surface area contributed by atoms with E-state index in [-0.39, 0.29) is 31.1 Å². The van der Waals surface area contributed by atoms with Crippen molar-refractivity contribution < 1.29 is 28.6 Å². The lowest BCUT2D eigenvalue weighted by atomic mass is 10.0. The summed E-state index contributed by atoms with van der Waals surface area (Å²) in [5.41, 5.74) is 0. The lowest BCUT2D eigenvalue weighted by molar-refractivity contribution is -0.167. The summed E-state index contributed by atoms with van der Waals surface area (Å²) in [5.74, 6) is 0.0191. The first kappa shape index (κ1) is 60.4. The van der Waals surface area contributed by atoms with E-state index in [0.29, 0.717) is 19.3 Å². The minimum Gasteiger partial charge on any atom is -0.462 e. The van der Waals surface area contributed by atoms with Crippen molar-refractivity contribution in [3.8, 4) is 0 Å². The molecule has 0 amide bonds. The Balaban J connectivity index is 4.19. The standard InChI is InChI=1S/C56H108O6/c1-5-7-9-11-13-15-17-28-33-37-41-45-49-56(59)62-53(50-60-54(57)47-43-39-35-31-26-16-14-12-10-8-6-2)51-61-55(58)48-44-40-36-32-29-25-23-21-19-18-20-22-24-27-30-34-38-42-46-52(3)4/h52-53H,5-51H2,1-4H3/t53-/m0/s1. The summed E-state index contributed by atoms with van der Waals surface area (Å²) in [5, 5.41) is 0. The molecule has 0 N–H and O–H groups in total. The molecule has 0 aromatic carbocycles. The van der Waals surface area contributed by atoms with Gasteiger partial charge in [0.2, 0.25) is 0 Å². The van der Waals surface area contributed by atoms with Crippen molar-refractivity contribution >= 4 is 17.9 Å². The third-order valence-electron chi connectivity index (χ3n) is 12.8. The van der Waals surface area contributed by atoms with Crippen LogP contribution in [-0.4, -0.2) is 37.2 Å². The number of rotatable bonds is 51. The highest BCUT2D eigenvalue weighted by molar-refractivity contribution is 5.71. The second kappa shape index (κ2) is 50.4. The number of hydrogen-bond acceptors (Lipinski definition) is 6. The van der Waals surface area contributed by atoms with E-state index in [9.17, 15) is 14.4 Å². The van der Waals surface area contributed by atoms with Crippen LogP contribution in [0.25, 0.3) is 0 Å². The van der Waals surface area contributed by atoms with Crippen molar-refractivity contribution in [2.24, 2.45) is 5.92 Å². The van der Waals surface area contributed by atoms with Crippen molar-refractivity contribution in [2.75, 3.05) is 13.2 Å². The van der Waals surface area contributed by atoms with E-state index in [0.717, 1.165) is 63.7 Å². The van der Waals surface area contributed by atoms with Crippen molar-refractivity contribution in [3.05, 3.63) is 0 Å². The van der Waals surface area contributed by atoms with Gasteiger partial charge in [-0.15, -0.1) is 0 Å². The van der Waals surface area contributed by atoms with Gasteiger partial charge < -0.3 is 14.2 Å². The second-order valence-electron chi connectivity index (χ2n) is 19.7. The summed E-state index contributed by atoms with van der Waals surface area (Å²) in [6, 6.07) is 0. The topological polar surface area (TPSA) is 78.9 Å². The van der Waals surface area contributed by atoms with Gasteiger partial charge in [-0.05, 0) is 25.2 Å². The molecule has 0 aliphatic carbocycles. The van der Waals surface area contributed by atoms with Crippen molar-refractivity contribution in [2.45, 2.75) is 323 Å². The average Bonchev–Trinajstić information content (AvgIpc) is 3.26. The molecule has 62 heavy (non-hydrogen) atoms. The first-order valence-electron chi connectivity index (χ1n) is 27.9. The Morgan fingerprint density at radius 3 is 0.790 bits per heavy atom. The van der Waals surface area contributed by atoms with Gasteiger partial charge in [0.15, 0.2) is 6.10 Å². The highest BCUT2D eigenvalue weighted by Gasteiger charge is 2.19. The maximum atomic E-state index is 12.8. The van der Waals surface area contributed by atoms with Crippen molar-refractivity contribution in [3.63, 3.8) is 0 Å². The van der Waals surface area contributed by atoms with E-state index < -0.39 is 6.10 Å². The molecule has 0 saturated heterocycles. The fourth-order valence-electron chi connectivity index (χ4n) is 8.57. The highest BCUT2D eigenvalue weighted by atomic mass is 16.6. The molecule has 6 heteroatoms. The second-order valence-corrected chi connectivity index (χ2v) is 19.7. The number of carbonyl (C=O) groups excluding carboxylic acids is 3. The summed E-state index contributed by atoms with van der Waals surface area (Å²) in [6.45, 7) is 9.05. The number of ether oxygens (including phenoxy) is 3. The first-order valence-corrected chi connectivity index (χ1v) is 27.9. The largest absolute Gasteiger partial charge is 0.462 e. The van der Waals surface area contributed by atoms with Crippen LogP contribution in [0.4, 0.5) is 0 Å². The van der Waals surface area contributed by atoms with Gasteiger partial charge in [0, 0.05) is 19.3 Å². The molecule has 0 aliphatic heterocycles. The monoisotopic (exact) mass is 877 g/mol. The normalized spacial score (nSPS) is 12.0. The van der Waals surface area contributed by atoms with Crippen LogP contribution >= 0.6 is 0 Å². The van der Waals surface area contributed by atoms with Gasteiger partial charge in [-0.3, -0.25) is 14.4 Å². The van der Waals surface area contributed by atoms with Crippen LogP contribution < -0.4 is 0 Å². The van der Waals surface area contributed by atoms with Gasteiger partial charge in [0.05, 0.1) is 0 Å². The van der Waals surface area contributed by atoms with Crippen LogP contribution in [0.5, 0.6) is 0 Å². The number of unbranched alkanes of at least 4 members (excludes halogenated alkanes) is 38. The summed E-state index contributed by atoms with van der Waals surface area (Å²) < 4.78 is 16.8. The maximum Gasteiger partial charge on any atom is 0.306 e. The molecule has 0 radical (unpaired) electrons. The number of hydrogen-bond donors (Lipinski definition) is 0. The minimum absolute atomic E-state index is 0.0621. The molecule has 0 unspecified atom stereocenters. The van der Waals surface area contributed by atoms with Crippen LogP contribution in [0.2, 0.25) is 0 Å². The molecule has 0 rings (SSSR count). The summed E-state index contributed by atoms with van der Waals surface area (Å²) in [6.07, 6.45) is 53.8. The van der Waals surface area contributed by atoms with Crippen LogP contribution in [0.15, 0.2) is 0 Å². The predicted molar refractivity (Wildman–Crippen MR) is 266 cm³/mol. The molecule has 6 nitrogen and oxygen atoms in total. The maximum absolute atomic E-state index is 12.8. The van der Waals surface area contributed by atoms with Crippen molar-refractivity contribution in [1.29, 1.82) is 0 Å². The van der Waals surface area contributed by atoms with E-state index in [4.69, 9.17) is 14.2 Å². The zero-order valence-corrected chi connectivity index (χ0v) is 42.3. The molecule has 1 atom stereocenters. The molecular weight excluding hydrogens is 769 g/mol. The minimum atomic E-state index is -0.760. The van der Waals surface area contributed by atoms with Gasteiger partial charge >= 0.3 is 17.9 Å². The molecule has 0 aliphatic rings. The Morgan fingerprint density at radius 1 is 0.306 bits per heavy atom. The quantitative estimate of drug-likeness (QED) is 0.0344. The Labute approximate surface area is 387 Å². The summed E-state index contributed by atoms with van der Waals surface area (Å²) >= 11 is 0. The first-order chi connectivity index (χ1) is 30.4. The summed E-state index contributed by atoms with van der Waals surface area (Å²) in [7, 11) is 0. The third kappa shape index (κ3) is 49.4. The van der Waals surface area contributed by atoms with Crippen LogP contribution in [0.1, 0.15) is 317 Å². The lowest BCUT2D eigenvalue weighted by Crippen LogP contribution is -2.30. The van der Waals surface area contributed by atoms with Gasteiger partial charge in [0.1, 0.15) is 13.2 Å². The van der Waals surface area contributed by atoms with Crippen LogP contribution in [0, 0.1) is 5.92 Å².